The predicted molar refractivity (Wildman–Crippen MR) is 52.8 cm³/mol. The first-order valence-corrected chi connectivity index (χ1v) is 4.47. The molecule has 1 nitrogen and oxygen atoms in total. The van der Waals surface area contributed by atoms with E-state index in [1.165, 1.54) is 12.8 Å². The summed E-state index contributed by atoms with van der Waals surface area (Å²) in [4.78, 5) is 2.35. The molecule has 0 spiro atoms. The molecule has 1 heteroatoms. The Balaban J connectivity index is 2.64. The standard InChI is InChI=1S/C11H17N/c1-5-9-12(10-7-8-10)11(3,4)6-2/h2,5,10H,1,7-9H2,3-4H3. The molecular formula is C11H17N. The minimum Gasteiger partial charge on any atom is -0.281 e. The summed E-state index contributed by atoms with van der Waals surface area (Å²) >= 11 is 0. The van der Waals surface area contributed by atoms with Gasteiger partial charge >= 0.3 is 0 Å². The fourth-order valence-electron chi connectivity index (χ4n) is 1.44. The normalized spacial score (nSPS) is 17.5. The third-order valence-corrected chi connectivity index (χ3v) is 2.38. The van der Waals surface area contributed by atoms with E-state index >= 15 is 0 Å². The quantitative estimate of drug-likeness (QED) is 0.453. The summed E-state index contributed by atoms with van der Waals surface area (Å²) in [5.41, 5.74) is -0.116. The molecule has 0 saturated heterocycles. The highest BCUT2D eigenvalue weighted by Crippen LogP contribution is 2.32. The lowest BCUT2D eigenvalue weighted by atomic mass is 10.0. The molecule has 1 rings (SSSR count). The minimum atomic E-state index is -0.116. The zero-order chi connectivity index (χ0) is 9.19. The van der Waals surface area contributed by atoms with Crippen LogP contribution in [0.4, 0.5) is 0 Å². The molecule has 0 heterocycles. The van der Waals surface area contributed by atoms with Crippen LogP contribution in [0, 0.1) is 12.3 Å². The molecule has 1 aliphatic carbocycles. The van der Waals surface area contributed by atoms with Gasteiger partial charge in [-0.15, -0.1) is 13.0 Å². The van der Waals surface area contributed by atoms with Gasteiger partial charge in [-0.25, -0.2) is 0 Å². The van der Waals surface area contributed by atoms with Crippen LogP contribution >= 0.6 is 0 Å². The Morgan fingerprint density at radius 1 is 1.67 bits per heavy atom. The van der Waals surface area contributed by atoms with Crippen molar-refractivity contribution in [2.75, 3.05) is 6.54 Å². The molecule has 0 aromatic carbocycles. The highest BCUT2D eigenvalue weighted by atomic mass is 15.2. The van der Waals surface area contributed by atoms with Gasteiger partial charge in [0.05, 0.1) is 5.54 Å². The second-order valence-electron chi connectivity index (χ2n) is 3.88. The van der Waals surface area contributed by atoms with Crippen molar-refractivity contribution in [3.05, 3.63) is 12.7 Å². The van der Waals surface area contributed by atoms with Crippen molar-refractivity contribution >= 4 is 0 Å². The summed E-state index contributed by atoms with van der Waals surface area (Å²) in [6.07, 6.45) is 9.99. The van der Waals surface area contributed by atoms with Crippen LogP contribution in [-0.2, 0) is 0 Å². The molecule has 1 aliphatic rings. The number of rotatable bonds is 4. The minimum absolute atomic E-state index is 0.116. The molecule has 66 valence electrons. The molecule has 0 amide bonds. The van der Waals surface area contributed by atoms with Gasteiger partial charge in [0.25, 0.3) is 0 Å². The van der Waals surface area contributed by atoms with Crippen LogP contribution < -0.4 is 0 Å². The molecule has 0 unspecified atom stereocenters. The van der Waals surface area contributed by atoms with Crippen LogP contribution in [0.5, 0.6) is 0 Å². The number of hydrogen-bond acceptors (Lipinski definition) is 1. The predicted octanol–water partition coefficient (Wildman–Crippen LogP) is 2.05. The lowest BCUT2D eigenvalue weighted by Gasteiger charge is -2.33. The Morgan fingerprint density at radius 2 is 2.25 bits per heavy atom. The maximum Gasteiger partial charge on any atom is 0.0771 e. The maximum absolute atomic E-state index is 5.48. The van der Waals surface area contributed by atoms with Gasteiger partial charge in [0.1, 0.15) is 0 Å². The Hall–Kier alpha value is -0.740. The Labute approximate surface area is 75.5 Å². The van der Waals surface area contributed by atoms with Gasteiger partial charge in [0.15, 0.2) is 0 Å². The van der Waals surface area contributed by atoms with E-state index in [0.29, 0.717) is 6.04 Å². The molecule has 0 aliphatic heterocycles. The van der Waals surface area contributed by atoms with Gasteiger partial charge in [-0.1, -0.05) is 12.0 Å². The lowest BCUT2D eigenvalue weighted by molar-refractivity contribution is 0.179. The van der Waals surface area contributed by atoms with Crippen molar-refractivity contribution in [1.29, 1.82) is 0 Å². The third kappa shape index (κ3) is 1.89. The average molecular weight is 163 g/mol. The van der Waals surface area contributed by atoms with Crippen LogP contribution in [0.2, 0.25) is 0 Å². The summed E-state index contributed by atoms with van der Waals surface area (Å²) in [7, 11) is 0. The van der Waals surface area contributed by atoms with Crippen molar-refractivity contribution in [1.82, 2.24) is 4.90 Å². The molecular weight excluding hydrogens is 146 g/mol. The number of nitrogens with zero attached hydrogens (tertiary/aromatic N) is 1. The average Bonchev–Trinajstić information content (AvgIpc) is 2.83. The summed E-state index contributed by atoms with van der Waals surface area (Å²) in [5.74, 6) is 2.83. The van der Waals surface area contributed by atoms with Crippen LogP contribution in [0.15, 0.2) is 12.7 Å². The second-order valence-corrected chi connectivity index (χ2v) is 3.88. The SMILES string of the molecule is C#CC(C)(C)N(CC=C)C1CC1. The van der Waals surface area contributed by atoms with Gasteiger partial charge in [-0.2, -0.15) is 0 Å². The van der Waals surface area contributed by atoms with E-state index in [2.05, 4.69) is 31.2 Å². The van der Waals surface area contributed by atoms with Crippen LogP contribution in [0.25, 0.3) is 0 Å². The highest BCUT2D eigenvalue weighted by Gasteiger charge is 2.36. The summed E-state index contributed by atoms with van der Waals surface area (Å²) in [6.45, 7) is 8.84. The highest BCUT2D eigenvalue weighted by molar-refractivity contribution is 5.12. The zero-order valence-electron chi connectivity index (χ0n) is 8.01. The Morgan fingerprint density at radius 3 is 2.58 bits per heavy atom. The van der Waals surface area contributed by atoms with Crippen molar-refractivity contribution in [2.24, 2.45) is 0 Å². The van der Waals surface area contributed by atoms with Gasteiger partial charge in [0, 0.05) is 12.6 Å². The Kier molecular flexibility index (Phi) is 2.59. The molecule has 1 fully saturated rings. The number of hydrogen-bond donors (Lipinski definition) is 0. The van der Waals surface area contributed by atoms with E-state index in [-0.39, 0.29) is 5.54 Å². The van der Waals surface area contributed by atoms with Crippen molar-refractivity contribution in [2.45, 2.75) is 38.3 Å². The van der Waals surface area contributed by atoms with Gasteiger partial charge < -0.3 is 0 Å². The van der Waals surface area contributed by atoms with E-state index in [9.17, 15) is 0 Å². The molecule has 0 aromatic heterocycles. The van der Waals surface area contributed by atoms with Crippen molar-refractivity contribution < 1.29 is 0 Å². The van der Waals surface area contributed by atoms with Gasteiger partial charge in [-0.3, -0.25) is 4.90 Å². The molecule has 0 N–H and O–H groups in total. The first-order chi connectivity index (χ1) is 5.61. The van der Waals surface area contributed by atoms with Crippen LogP contribution in [0.1, 0.15) is 26.7 Å². The first-order valence-electron chi connectivity index (χ1n) is 4.47. The van der Waals surface area contributed by atoms with E-state index < -0.39 is 0 Å². The fraction of sp³-hybridized carbons (Fsp3) is 0.636. The monoisotopic (exact) mass is 163 g/mol. The summed E-state index contributed by atoms with van der Waals surface area (Å²) in [6, 6.07) is 0.703. The largest absolute Gasteiger partial charge is 0.281 e. The summed E-state index contributed by atoms with van der Waals surface area (Å²) in [5, 5.41) is 0. The Bertz CT molecular complexity index is 206. The smallest absolute Gasteiger partial charge is 0.0771 e. The van der Waals surface area contributed by atoms with E-state index in [4.69, 9.17) is 6.42 Å². The summed E-state index contributed by atoms with van der Waals surface area (Å²) < 4.78 is 0. The van der Waals surface area contributed by atoms with E-state index in [0.717, 1.165) is 6.54 Å². The molecule has 0 aromatic rings. The van der Waals surface area contributed by atoms with Crippen molar-refractivity contribution in [3.8, 4) is 12.3 Å². The molecule has 0 radical (unpaired) electrons. The molecule has 1 saturated carbocycles. The van der Waals surface area contributed by atoms with Crippen LogP contribution in [-0.4, -0.2) is 23.0 Å². The van der Waals surface area contributed by atoms with E-state index in [1.807, 2.05) is 6.08 Å². The fourth-order valence-corrected chi connectivity index (χ4v) is 1.44. The molecule has 0 bridgehead atoms. The lowest BCUT2D eigenvalue weighted by Crippen LogP contribution is -2.44. The molecule has 12 heavy (non-hydrogen) atoms. The third-order valence-electron chi connectivity index (χ3n) is 2.38. The topological polar surface area (TPSA) is 3.24 Å². The molecule has 0 atom stereocenters. The number of terminal acetylenes is 1. The van der Waals surface area contributed by atoms with Gasteiger partial charge in [-0.05, 0) is 26.7 Å². The zero-order valence-corrected chi connectivity index (χ0v) is 8.01. The second kappa shape index (κ2) is 3.33. The first kappa shape index (κ1) is 9.35. The van der Waals surface area contributed by atoms with E-state index in [1.54, 1.807) is 0 Å². The van der Waals surface area contributed by atoms with Crippen LogP contribution in [0.3, 0.4) is 0 Å². The van der Waals surface area contributed by atoms with Gasteiger partial charge in [0.2, 0.25) is 0 Å². The van der Waals surface area contributed by atoms with Crippen molar-refractivity contribution in [3.63, 3.8) is 0 Å². The maximum atomic E-state index is 5.48.